The van der Waals surface area contributed by atoms with E-state index in [-0.39, 0.29) is 17.0 Å². The van der Waals surface area contributed by atoms with Gasteiger partial charge in [-0.2, -0.15) is 10.2 Å². The quantitative estimate of drug-likeness (QED) is 0.563. The SMILES string of the molecule is Cn1nc(C(=O)N/N=C/c2cccc(O)c2)c2ccccc2c1=O. The van der Waals surface area contributed by atoms with Gasteiger partial charge in [0, 0.05) is 12.4 Å². The summed E-state index contributed by atoms with van der Waals surface area (Å²) in [5.74, 6) is -0.422. The number of fused-ring (bicyclic) bond motifs is 1. The smallest absolute Gasteiger partial charge is 0.292 e. The number of aromatic hydroxyl groups is 1. The second kappa shape index (κ2) is 6.33. The Kier molecular flexibility index (Phi) is 4.07. The molecule has 7 nitrogen and oxygen atoms in total. The normalized spacial score (nSPS) is 11.0. The first kappa shape index (κ1) is 15.4. The molecule has 0 aliphatic carbocycles. The zero-order valence-corrected chi connectivity index (χ0v) is 12.8. The van der Waals surface area contributed by atoms with Crippen molar-refractivity contribution in [3.8, 4) is 5.75 Å². The van der Waals surface area contributed by atoms with Gasteiger partial charge in [-0.05, 0) is 23.8 Å². The maximum absolute atomic E-state index is 12.3. The minimum Gasteiger partial charge on any atom is -0.508 e. The number of nitrogens with one attached hydrogen (secondary N) is 1. The molecule has 2 aromatic carbocycles. The van der Waals surface area contributed by atoms with E-state index in [1.54, 1.807) is 36.4 Å². The first-order valence-corrected chi connectivity index (χ1v) is 7.15. The fourth-order valence-corrected chi connectivity index (χ4v) is 2.29. The van der Waals surface area contributed by atoms with Crippen LogP contribution in [-0.2, 0) is 7.05 Å². The fraction of sp³-hybridized carbons (Fsp3) is 0.0588. The average molecular weight is 322 g/mol. The predicted molar refractivity (Wildman–Crippen MR) is 90.2 cm³/mol. The molecule has 0 saturated carbocycles. The maximum Gasteiger partial charge on any atom is 0.292 e. The molecule has 1 heterocycles. The Morgan fingerprint density at radius 3 is 2.71 bits per heavy atom. The van der Waals surface area contributed by atoms with E-state index in [9.17, 15) is 14.7 Å². The standard InChI is InChI=1S/C17H14N4O3/c1-21-17(24)14-8-3-2-7-13(14)15(20-21)16(23)19-18-10-11-5-4-6-12(22)9-11/h2-10,22H,1H3,(H,19,23)/b18-10+. The number of phenols is 1. The third kappa shape index (κ3) is 3.00. The van der Waals surface area contributed by atoms with Crippen LogP contribution in [0.3, 0.4) is 0 Å². The molecule has 0 fully saturated rings. The Bertz CT molecular complexity index is 1010. The van der Waals surface area contributed by atoms with Crippen LogP contribution in [-0.4, -0.2) is 27.0 Å². The van der Waals surface area contributed by atoms with Crippen LogP contribution in [0.5, 0.6) is 5.75 Å². The molecule has 3 aromatic rings. The zero-order valence-electron chi connectivity index (χ0n) is 12.8. The van der Waals surface area contributed by atoms with Gasteiger partial charge in [0.2, 0.25) is 0 Å². The molecule has 0 saturated heterocycles. The van der Waals surface area contributed by atoms with Gasteiger partial charge < -0.3 is 5.11 Å². The van der Waals surface area contributed by atoms with Crippen LogP contribution in [0.15, 0.2) is 58.4 Å². The third-order valence-corrected chi connectivity index (χ3v) is 3.42. The van der Waals surface area contributed by atoms with Gasteiger partial charge in [0.15, 0.2) is 5.69 Å². The van der Waals surface area contributed by atoms with Gasteiger partial charge in [-0.1, -0.05) is 30.3 Å². The van der Waals surface area contributed by atoms with Crippen molar-refractivity contribution in [1.82, 2.24) is 15.2 Å². The van der Waals surface area contributed by atoms with Crippen molar-refractivity contribution < 1.29 is 9.90 Å². The molecule has 2 N–H and O–H groups in total. The first-order chi connectivity index (χ1) is 11.6. The molecule has 0 radical (unpaired) electrons. The highest BCUT2D eigenvalue weighted by molar-refractivity contribution is 6.04. The summed E-state index contributed by atoms with van der Waals surface area (Å²) < 4.78 is 1.12. The Labute approximate surface area is 136 Å². The number of carbonyl (C=O) groups excluding carboxylic acids is 1. The van der Waals surface area contributed by atoms with E-state index >= 15 is 0 Å². The summed E-state index contributed by atoms with van der Waals surface area (Å²) in [6.07, 6.45) is 1.40. The molecule has 0 spiro atoms. The Morgan fingerprint density at radius 1 is 1.21 bits per heavy atom. The van der Waals surface area contributed by atoms with Gasteiger partial charge in [-0.15, -0.1) is 0 Å². The molecule has 0 aliphatic heterocycles. The largest absolute Gasteiger partial charge is 0.508 e. The molecular formula is C17H14N4O3. The van der Waals surface area contributed by atoms with Crippen LogP contribution in [0.25, 0.3) is 10.8 Å². The number of nitrogens with zero attached hydrogens (tertiary/aromatic N) is 3. The third-order valence-electron chi connectivity index (χ3n) is 3.42. The molecular weight excluding hydrogens is 308 g/mol. The minimum atomic E-state index is -0.529. The number of amides is 1. The molecule has 0 aliphatic rings. The fourth-order valence-electron chi connectivity index (χ4n) is 2.29. The summed E-state index contributed by atoms with van der Waals surface area (Å²) in [6.45, 7) is 0. The Hall–Kier alpha value is -3.48. The number of hydrogen-bond donors (Lipinski definition) is 2. The van der Waals surface area contributed by atoms with E-state index < -0.39 is 5.91 Å². The van der Waals surface area contributed by atoms with Crippen LogP contribution in [0.2, 0.25) is 0 Å². The van der Waals surface area contributed by atoms with Crippen molar-refractivity contribution in [1.29, 1.82) is 0 Å². The number of hydrazone groups is 1. The van der Waals surface area contributed by atoms with E-state index in [0.29, 0.717) is 16.3 Å². The monoisotopic (exact) mass is 322 g/mol. The molecule has 24 heavy (non-hydrogen) atoms. The molecule has 1 aromatic heterocycles. The van der Waals surface area contributed by atoms with Crippen molar-refractivity contribution >= 4 is 22.9 Å². The highest BCUT2D eigenvalue weighted by atomic mass is 16.3. The topological polar surface area (TPSA) is 96.6 Å². The van der Waals surface area contributed by atoms with Crippen molar-refractivity contribution in [2.24, 2.45) is 12.1 Å². The van der Waals surface area contributed by atoms with Gasteiger partial charge in [0.25, 0.3) is 11.5 Å². The highest BCUT2D eigenvalue weighted by Gasteiger charge is 2.14. The number of phenolic OH excluding ortho intramolecular Hbond substituents is 1. The molecule has 0 atom stereocenters. The number of carbonyl (C=O) groups is 1. The molecule has 0 bridgehead atoms. The predicted octanol–water partition coefficient (Wildman–Crippen LogP) is 1.40. The Balaban J connectivity index is 1.89. The van der Waals surface area contributed by atoms with E-state index in [4.69, 9.17) is 0 Å². The number of benzene rings is 2. The molecule has 3 rings (SSSR count). The lowest BCUT2D eigenvalue weighted by Crippen LogP contribution is -2.27. The van der Waals surface area contributed by atoms with Crippen LogP contribution < -0.4 is 11.0 Å². The zero-order chi connectivity index (χ0) is 17.1. The number of hydrogen-bond acceptors (Lipinski definition) is 5. The van der Waals surface area contributed by atoms with Gasteiger partial charge in [-0.25, -0.2) is 10.1 Å². The molecule has 120 valence electrons. The van der Waals surface area contributed by atoms with Crippen molar-refractivity contribution in [3.63, 3.8) is 0 Å². The van der Waals surface area contributed by atoms with Crippen molar-refractivity contribution in [2.75, 3.05) is 0 Å². The number of aromatic nitrogens is 2. The molecule has 0 unspecified atom stereocenters. The molecule has 1 amide bonds. The summed E-state index contributed by atoms with van der Waals surface area (Å²) in [4.78, 5) is 24.4. The Morgan fingerprint density at radius 2 is 1.96 bits per heavy atom. The lowest BCUT2D eigenvalue weighted by atomic mass is 10.1. The van der Waals surface area contributed by atoms with E-state index in [0.717, 1.165) is 4.68 Å². The van der Waals surface area contributed by atoms with Crippen molar-refractivity contribution in [2.45, 2.75) is 0 Å². The number of rotatable bonds is 3. The summed E-state index contributed by atoms with van der Waals surface area (Å²) in [7, 11) is 1.49. The van der Waals surface area contributed by atoms with Crippen LogP contribution >= 0.6 is 0 Å². The van der Waals surface area contributed by atoms with Crippen LogP contribution in [0.4, 0.5) is 0 Å². The van der Waals surface area contributed by atoms with Gasteiger partial charge in [0.05, 0.1) is 11.6 Å². The lowest BCUT2D eigenvalue weighted by Gasteiger charge is -2.06. The molecule has 7 heteroatoms. The lowest BCUT2D eigenvalue weighted by molar-refractivity contribution is 0.0950. The highest BCUT2D eigenvalue weighted by Crippen LogP contribution is 2.13. The summed E-state index contributed by atoms with van der Waals surface area (Å²) in [5.41, 5.74) is 2.85. The second-order valence-electron chi connectivity index (χ2n) is 5.12. The summed E-state index contributed by atoms with van der Waals surface area (Å²) in [6, 6.07) is 13.2. The summed E-state index contributed by atoms with van der Waals surface area (Å²) >= 11 is 0. The maximum atomic E-state index is 12.3. The number of aryl methyl sites for hydroxylation is 1. The van der Waals surface area contributed by atoms with E-state index in [1.807, 2.05) is 0 Å². The van der Waals surface area contributed by atoms with Crippen LogP contribution in [0, 0.1) is 0 Å². The average Bonchev–Trinajstić information content (AvgIpc) is 2.58. The van der Waals surface area contributed by atoms with E-state index in [1.165, 1.54) is 25.4 Å². The van der Waals surface area contributed by atoms with Gasteiger partial charge in [0.1, 0.15) is 5.75 Å². The summed E-state index contributed by atoms with van der Waals surface area (Å²) in [5, 5.41) is 18.1. The van der Waals surface area contributed by atoms with E-state index in [2.05, 4.69) is 15.6 Å². The van der Waals surface area contributed by atoms with Gasteiger partial charge in [-0.3, -0.25) is 9.59 Å². The first-order valence-electron chi connectivity index (χ1n) is 7.15. The van der Waals surface area contributed by atoms with Crippen LogP contribution in [0.1, 0.15) is 16.1 Å². The van der Waals surface area contributed by atoms with Crippen molar-refractivity contribution in [3.05, 3.63) is 70.1 Å². The second-order valence-corrected chi connectivity index (χ2v) is 5.12. The minimum absolute atomic E-state index is 0.107. The van der Waals surface area contributed by atoms with Gasteiger partial charge >= 0.3 is 0 Å².